The van der Waals surface area contributed by atoms with Gasteiger partial charge in [0.05, 0.1) is 17.1 Å². The van der Waals surface area contributed by atoms with Crippen molar-refractivity contribution < 1.29 is 19.1 Å². The van der Waals surface area contributed by atoms with Crippen LogP contribution in [0.3, 0.4) is 0 Å². The van der Waals surface area contributed by atoms with Crippen LogP contribution in [0.1, 0.15) is 5.56 Å². The van der Waals surface area contributed by atoms with Crippen molar-refractivity contribution in [1.29, 1.82) is 0 Å². The van der Waals surface area contributed by atoms with Gasteiger partial charge in [-0.1, -0.05) is 23.7 Å². The molecule has 0 fully saturated rings. The fraction of sp³-hybridized carbons (Fsp3) is 0.111. The van der Waals surface area contributed by atoms with Crippen LogP contribution in [0.5, 0.6) is 5.75 Å². The van der Waals surface area contributed by atoms with E-state index in [9.17, 15) is 9.59 Å². The Morgan fingerprint density at radius 1 is 1.16 bits per heavy atom. The number of aliphatic carboxylic acids is 1. The lowest BCUT2D eigenvalue weighted by Crippen LogP contribution is -2.20. The van der Waals surface area contributed by atoms with Crippen LogP contribution in [-0.2, 0) is 4.79 Å². The summed E-state index contributed by atoms with van der Waals surface area (Å²) in [6, 6.07) is 19.2. The number of anilines is 1. The second-order valence-electron chi connectivity index (χ2n) is 8.41. The number of fused-ring (bicyclic) bond motifs is 2. The van der Waals surface area contributed by atoms with Gasteiger partial charge < -0.3 is 19.2 Å². The minimum atomic E-state index is -1.11. The molecule has 0 radical (unpaired) electrons. The van der Waals surface area contributed by atoms with E-state index in [4.69, 9.17) is 25.9 Å². The summed E-state index contributed by atoms with van der Waals surface area (Å²) in [6.45, 7) is -0.526. The standard InChI is InChI=1S/C27H21ClN4O5/c1-31(2)19-9-7-16(23(13-19)36-15-25(33)34)14-29-32-26(30-21-6-4-3-5-20(21)27(32)35)24-12-17-11-18(28)8-10-22(17)37-24/h3-14H,15H2,1-2H3,(H,33,34). The van der Waals surface area contributed by atoms with E-state index in [2.05, 4.69) is 10.1 Å². The van der Waals surface area contributed by atoms with E-state index in [0.717, 1.165) is 15.7 Å². The van der Waals surface area contributed by atoms with Gasteiger partial charge in [-0.2, -0.15) is 9.78 Å². The summed E-state index contributed by atoms with van der Waals surface area (Å²) >= 11 is 6.13. The molecule has 1 N–H and O–H groups in total. The largest absolute Gasteiger partial charge is 0.481 e. The van der Waals surface area contributed by atoms with Crippen LogP contribution in [-0.4, -0.2) is 47.7 Å². The summed E-state index contributed by atoms with van der Waals surface area (Å²) < 4.78 is 12.6. The Kier molecular flexibility index (Phi) is 6.37. The van der Waals surface area contributed by atoms with E-state index >= 15 is 0 Å². The number of rotatable bonds is 7. The molecule has 0 saturated carbocycles. The predicted octanol–water partition coefficient (Wildman–Crippen LogP) is 4.87. The van der Waals surface area contributed by atoms with E-state index in [1.54, 1.807) is 60.7 Å². The van der Waals surface area contributed by atoms with Gasteiger partial charge in [0.1, 0.15) is 11.3 Å². The Balaban J connectivity index is 1.67. The zero-order valence-corrected chi connectivity index (χ0v) is 20.6. The molecule has 2 heterocycles. The fourth-order valence-corrected chi connectivity index (χ4v) is 3.99. The Hall–Kier alpha value is -4.63. The molecule has 3 aromatic carbocycles. The molecule has 0 atom stereocenters. The maximum Gasteiger partial charge on any atom is 0.341 e. The molecule has 186 valence electrons. The first-order valence-corrected chi connectivity index (χ1v) is 11.6. The Morgan fingerprint density at radius 3 is 2.76 bits per heavy atom. The highest BCUT2D eigenvalue weighted by Crippen LogP contribution is 2.29. The lowest BCUT2D eigenvalue weighted by molar-refractivity contribution is -0.139. The Morgan fingerprint density at radius 2 is 1.97 bits per heavy atom. The Bertz CT molecular complexity index is 1740. The van der Waals surface area contributed by atoms with E-state index in [1.807, 2.05) is 25.1 Å². The number of para-hydroxylation sites is 1. The number of halogens is 1. The zero-order valence-electron chi connectivity index (χ0n) is 19.9. The van der Waals surface area contributed by atoms with Crippen LogP contribution in [0.25, 0.3) is 33.5 Å². The third-order valence-corrected chi connectivity index (χ3v) is 5.86. The maximum atomic E-state index is 13.5. The molecule has 2 aromatic heterocycles. The number of nitrogens with zero attached hydrogens (tertiary/aromatic N) is 4. The molecule has 0 amide bonds. The maximum absolute atomic E-state index is 13.5. The summed E-state index contributed by atoms with van der Waals surface area (Å²) in [5, 5.41) is 15.2. The molecule has 0 aliphatic rings. The number of aromatic nitrogens is 2. The molecular weight excluding hydrogens is 496 g/mol. The van der Waals surface area contributed by atoms with Gasteiger partial charge in [0.25, 0.3) is 5.56 Å². The van der Waals surface area contributed by atoms with Crippen molar-refractivity contribution in [1.82, 2.24) is 9.66 Å². The first kappa shape index (κ1) is 24.1. The van der Waals surface area contributed by atoms with Crippen LogP contribution in [0.15, 0.2) is 81.0 Å². The van der Waals surface area contributed by atoms with Gasteiger partial charge in [-0.3, -0.25) is 4.79 Å². The minimum absolute atomic E-state index is 0.199. The second kappa shape index (κ2) is 9.79. The third kappa shape index (κ3) is 4.89. The topological polar surface area (TPSA) is 110 Å². The van der Waals surface area contributed by atoms with E-state index in [-0.39, 0.29) is 5.82 Å². The van der Waals surface area contributed by atoms with Gasteiger partial charge in [-0.05, 0) is 48.5 Å². The van der Waals surface area contributed by atoms with Gasteiger partial charge >= 0.3 is 5.97 Å². The van der Waals surface area contributed by atoms with Crippen LogP contribution >= 0.6 is 11.6 Å². The normalized spacial score (nSPS) is 11.4. The predicted molar refractivity (Wildman–Crippen MR) is 143 cm³/mol. The molecule has 0 bridgehead atoms. The van der Waals surface area contributed by atoms with Crippen molar-refractivity contribution in [2.45, 2.75) is 0 Å². The van der Waals surface area contributed by atoms with E-state index in [1.165, 1.54) is 6.21 Å². The lowest BCUT2D eigenvalue weighted by Gasteiger charge is -2.15. The summed E-state index contributed by atoms with van der Waals surface area (Å²) in [4.78, 5) is 31.1. The highest BCUT2D eigenvalue weighted by molar-refractivity contribution is 6.31. The number of benzene rings is 3. The first-order valence-electron chi connectivity index (χ1n) is 11.2. The smallest absolute Gasteiger partial charge is 0.341 e. The number of carbonyl (C=O) groups is 1. The molecule has 5 aromatic rings. The highest BCUT2D eigenvalue weighted by Gasteiger charge is 2.17. The molecule has 9 nitrogen and oxygen atoms in total. The second-order valence-corrected chi connectivity index (χ2v) is 8.84. The van der Waals surface area contributed by atoms with Gasteiger partial charge in [0.15, 0.2) is 12.4 Å². The number of furan rings is 1. The Labute approximate surface area is 215 Å². The van der Waals surface area contributed by atoms with Gasteiger partial charge in [-0.15, -0.1) is 0 Å². The molecular formula is C27H21ClN4O5. The number of ether oxygens (including phenoxy) is 1. The fourth-order valence-electron chi connectivity index (χ4n) is 3.81. The molecule has 0 aliphatic heterocycles. The van der Waals surface area contributed by atoms with Crippen LogP contribution in [0.2, 0.25) is 5.02 Å². The summed E-state index contributed by atoms with van der Waals surface area (Å²) in [7, 11) is 3.72. The van der Waals surface area contributed by atoms with Crippen LogP contribution in [0.4, 0.5) is 5.69 Å². The molecule has 10 heteroatoms. The SMILES string of the molecule is CN(C)c1ccc(C=Nn2c(-c3cc4cc(Cl)ccc4o3)nc3ccccc3c2=O)c(OCC(=O)O)c1. The molecule has 0 aliphatic carbocycles. The van der Waals surface area contributed by atoms with Crippen molar-refractivity contribution in [2.24, 2.45) is 5.10 Å². The number of hydrogen-bond acceptors (Lipinski definition) is 7. The monoisotopic (exact) mass is 516 g/mol. The van der Waals surface area contributed by atoms with Crippen molar-refractivity contribution in [3.05, 3.63) is 87.7 Å². The summed E-state index contributed by atoms with van der Waals surface area (Å²) in [6.07, 6.45) is 1.43. The van der Waals surface area contributed by atoms with Crippen LogP contribution in [0, 0.1) is 0 Å². The van der Waals surface area contributed by atoms with Gasteiger partial charge in [-0.25, -0.2) is 9.78 Å². The summed E-state index contributed by atoms with van der Waals surface area (Å²) in [5.74, 6) is -0.271. The van der Waals surface area contributed by atoms with Gasteiger partial charge in [0, 0.05) is 41.8 Å². The highest BCUT2D eigenvalue weighted by atomic mass is 35.5. The first-order chi connectivity index (χ1) is 17.8. The molecule has 0 saturated heterocycles. The van der Waals surface area contributed by atoms with Crippen molar-refractivity contribution >= 4 is 51.3 Å². The van der Waals surface area contributed by atoms with Crippen molar-refractivity contribution in [3.63, 3.8) is 0 Å². The molecule has 5 rings (SSSR count). The zero-order chi connectivity index (χ0) is 26.1. The number of carboxylic acids is 1. The number of carboxylic acid groups (broad SMARTS) is 1. The minimum Gasteiger partial charge on any atom is -0.481 e. The van der Waals surface area contributed by atoms with E-state index in [0.29, 0.717) is 38.6 Å². The average molecular weight is 517 g/mol. The van der Waals surface area contributed by atoms with Crippen molar-refractivity contribution in [3.8, 4) is 17.3 Å². The van der Waals surface area contributed by atoms with Crippen LogP contribution < -0.4 is 15.2 Å². The van der Waals surface area contributed by atoms with Gasteiger partial charge in [0.2, 0.25) is 5.82 Å². The summed E-state index contributed by atoms with van der Waals surface area (Å²) in [5.41, 5.74) is 1.97. The third-order valence-electron chi connectivity index (χ3n) is 5.63. The van der Waals surface area contributed by atoms with Crippen molar-refractivity contribution in [2.75, 3.05) is 25.6 Å². The quantitative estimate of drug-likeness (QED) is 0.307. The molecule has 37 heavy (non-hydrogen) atoms. The lowest BCUT2D eigenvalue weighted by atomic mass is 10.2. The number of hydrogen-bond donors (Lipinski definition) is 1. The average Bonchev–Trinajstić information content (AvgIpc) is 3.30. The van der Waals surface area contributed by atoms with E-state index < -0.39 is 18.1 Å². The molecule has 0 spiro atoms. The molecule has 0 unspecified atom stereocenters.